The average Bonchev–Trinajstić information content (AvgIpc) is 2.35. The van der Waals surface area contributed by atoms with Crippen molar-refractivity contribution in [3.8, 4) is 0 Å². The first-order valence-electron chi connectivity index (χ1n) is 5.78. The monoisotopic (exact) mass is 376 g/mol. The van der Waals surface area contributed by atoms with Crippen LogP contribution in [-0.2, 0) is 27.9 Å². The van der Waals surface area contributed by atoms with Crippen LogP contribution < -0.4 is 0 Å². The van der Waals surface area contributed by atoms with E-state index in [1.165, 1.54) is 18.2 Å². The van der Waals surface area contributed by atoms with Gasteiger partial charge in [-0.25, -0.2) is 0 Å². The van der Waals surface area contributed by atoms with Gasteiger partial charge in [0.25, 0.3) is 0 Å². The molecule has 0 fully saturated rings. The molecule has 0 spiro atoms. The van der Waals surface area contributed by atoms with Crippen molar-refractivity contribution in [1.29, 1.82) is 0 Å². The van der Waals surface area contributed by atoms with E-state index in [0.29, 0.717) is 0 Å². The summed E-state index contributed by atoms with van der Waals surface area (Å²) in [6.45, 7) is 3.26. The number of benzene rings is 1. The maximum absolute atomic E-state index is 12.1. The Kier molecular flexibility index (Phi) is 6.68. The molecule has 0 aliphatic rings. The van der Waals surface area contributed by atoms with Gasteiger partial charge in [0.2, 0.25) is 0 Å². The second-order valence-electron chi connectivity index (χ2n) is 4.20. The largest absolute Gasteiger partial charge is 0.357 e. The van der Waals surface area contributed by atoms with Crippen molar-refractivity contribution in [2.45, 2.75) is 24.8 Å². The molecule has 0 aliphatic heterocycles. The Morgan fingerprint density at radius 3 is 2.19 bits per heavy atom. The van der Waals surface area contributed by atoms with Crippen molar-refractivity contribution < 1.29 is 26.2 Å². The van der Waals surface area contributed by atoms with Crippen LogP contribution in [0.1, 0.15) is 13.8 Å². The van der Waals surface area contributed by atoms with Crippen LogP contribution in [0.15, 0.2) is 23.1 Å². The second kappa shape index (κ2) is 7.42. The second-order valence-corrected chi connectivity index (χ2v) is 8.62. The van der Waals surface area contributed by atoms with Crippen LogP contribution in [0.5, 0.6) is 0 Å². The Hall–Kier alpha value is -0.140. The third-order valence-corrected chi connectivity index (χ3v) is 6.33. The summed E-state index contributed by atoms with van der Waals surface area (Å²) in [7, 11) is -6.85. The van der Waals surface area contributed by atoms with Crippen LogP contribution >= 0.6 is 30.8 Å². The Labute approximate surface area is 134 Å². The zero-order chi connectivity index (χ0) is 16.3. The molecule has 1 aromatic rings. The standard InChI is InChI=1S/C11H15Cl2O6PS/c1-8(2)19-20(14,17-3)7-18-21(15,16)11-9(12)5-4-6-10(11)13/h4-6,8H,7H2,1-3H3. The fourth-order valence-corrected chi connectivity index (χ4v) is 5.02. The lowest BCUT2D eigenvalue weighted by Crippen LogP contribution is -2.12. The summed E-state index contributed by atoms with van der Waals surface area (Å²) in [5, 5.41) is -0.195. The molecule has 0 bridgehead atoms. The van der Waals surface area contributed by atoms with Crippen molar-refractivity contribution in [3.05, 3.63) is 28.2 Å². The van der Waals surface area contributed by atoms with Gasteiger partial charge in [0.15, 0.2) is 6.35 Å². The summed E-state index contributed by atoms with van der Waals surface area (Å²) < 4.78 is 50.8. The predicted octanol–water partition coefficient (Wildman–Crippen LogP) is 3.92. The smallest absolute Gasteiger partial charge is 0.310 e. The van der Waals surface area contributed by atoms with E-state index in [4.69, 9.17) is 36.4 Å². The molecule has 6 nitrogen and oxygen atoms in total. The topological polar surface area (TPSA) is 78.9 Å². The third kappa shape index (κ3) is 5.21. The fourth-order valence-electron chi connectivity index (χ4n) is 1.36. The quantitative estimate of drug-likeness (QED) is 0.529. The van der Waals surface area contributed by atoms with Gasteiger partial charge in [-0.15, -0.1) is 0 Å². The van der Waals surface area contributed by atoms with E-state index in [-0.39, 0.29) is 14.9 Å². The molecule has 1 aromatic carbocycles. The van der Waals surface area contributed by atoms with Gasteiger partial charge in [0.05, 0.1) is 16.1 Å². The summed E-state index contributed by atoms with van der Waals surface area (Å²) >= 11 is 11.6. The molecule has 0 N–H and O–H groups in total. The van der Waals surface area contributed by atoms with Gasteiger partial charge in [0.1, 0.15) is 4.90 Å². The highest BCUT2D eigenvalue weighted by atomic mass is 35.5. The average molecular weight is 377 g/mol. The van der Waals surface area contributed by atoms with Gasteiger partial charge in [-0.2, -0.15) is 8.42 Å². The normalized spacial score (nSPS) is 15.1. The van der Waals surface area contributed by atoms with E-state index in [0.717, 1.165) is 7.11 Å². The lowest BCUT2D eigenvalue weighted by Gasteiger charge is -2.18. The summed E-state index contributed by atoms with van der Waals surface area (Å²) in [6.07, 6.45) is -1.20. The zero-order valence-electron chi connectivity index (χ0n) is 11.6. The van der Waals surface area contributed by atoms with E-state index in [1.807, 2.05) is 0 Å². The molecule has 0 saturated heterocycles. The Morgan fingerprint density at radius 1 is 1.24 bits per heavy atom. The Morgan fingerprint density at radius 2 is 1.76 bits per heavy atom. The van der Waals surface area contributed by atoms with E-state index in [2.05, 4.69) is 0 Å². The van der Waals surface area contributed by atoms with Crippen LogP contribution in [-0.4, -0.2) is 28.0 Å². The maximum Gasteiger partial charge on any atom is 0.357 e. The van der Waals surface area contributed by atoms with Gasteiger partial charge in [-0.05, 0) is 26.0 Å². The predicted molar refractivity (Wildman–Crippen MR) is 80.4 cm³/mol. The maximum atomic E-state index is 12.1. The molecule has 0 heterocycles. The van der Waals surface area contributed by atoms with Crippen molar-refractivity contribution in [3.63, 3.8) is 0 Å². The van der Waals surface area contributed by atoms with Gasteiger partial charge < -0.3 is 9.05 Å². The highest BCUT2D eigenvalue weighted by Gasteiger charge is 2.31. The molecule has 1 atom stereocenters. The first kappa shape index (κ1) is 18.9. The van der Waals surface area contributed by atoms with Gasteiger partial charge in [-0.3, -0.25) is 8.75 Å². The summed E-state index contributed by atoms with van der Waals surface area (Å²) in [4.78, 5) is -0.388. The van der Waals surface area contributed by atoms with Crippen molar-refractivity contribution in [2.75, 3.05) is 13.5 Å². The Balaban J connectivity index is 2.99. The molecule has 120 valence electrons. The highest BCUT2D eigenvalue weighted by molar-refractivity contribution is 7.87. The molecule has 1 rings (SSSR count). The minimum Gasteiger partial charge on any atom is -0.310 e. The zero-order valence-corrected chi connectivity index (χ0v) is 14.8. The first-order chi connectivity index (χ1) is 9.61. The third-order valence-electron chi connectivity index (χ3n) is 2.18. The lowest BCUT2D eigenvalue weighted by molar-refractivity contribution is 0.171. The van der Waals surface area contributed by atoms with Gasteiger partial charge >= 0.3 is 17.7 Å². The minimum atomic E-state index is -4.30. The van der Waals surface area contributed by atoms with Crippen LogP contribution in [0.2, 0.25) is 10.0 Å². The van der Waals surface area contributed by atoms with Crippen LogP contribution in [0.4, 0.5) is 0 Å². The van der Waals surface area contributed by atoms with Crippen molar-refractivity contribution in [2.24, 2.45) is 0 Å². The lowest BCUT2D eigenvalue weighted by atomic mass is 10.4. The number of halogens is 2. The summed E-state index contributed by atoms with van der Waals surface area (Å²) in [5.41, 5.74) is 0. The Bertz CT molecular complexity index is 626. The van der Waals surface area contributed by atoms with Gasteiger partial charge in [-0.1, -0.05) is 29.3 Å². The van der Waals surface area contributed by atoms with Crippen LogP contribution in [0.25, 0.3) is 0 Å². The SMILES string of the molecule is COP(=O)(COS(=O)(=O)c1c(Cl)cccc1Cl)OC(C)C. The van der Waals surface area contributed by atoms with Crippen molar-refractivity contribution in [1.82, 2.24) is 0 Å². The fraction of sp³-hybridized carbons (Fsp3) is 0.455. The molecule has 1 unspecified atom stereocenters. The molecule has 0 aliphatic carbocycles. The van der Waals surface area contributed by atoms with E-state index < -0.39 is 30.2 Å². The van der Waals surface area contributed by atoms with Crippen LogP contribution in [0, 0.1) is 0 Å². The molecule has 0 radical (unpaired) electrons. The number of rotatable bonds is 7. The van der Waals surface area contributed by atoms with E-state index >= 15 is 0 Å². The number of hydrogen-bond acceptors (Lipinski definition) is 6. The van der Waals surface area contributed by atoms with Crippen LogP contribution in [0.3, 0.4) is 0 Å². The molecule has 0 amide bonds. The summed E-state index contributed by atoms with van der Waals surface area (Å²) in [5.74, 6) is 0. The molecule has 21 heavy (non-hydrogen) atoms. The molecule has 10 heteroatoms. The first-order valence-corrected chi connectivity index (χ1v) is 9.67. The summed E-state index contributed by atoms with van der Waals surface area (Å²) in [6, 6.07) is 4.19. The van der Waals surface area contributed by atoms with E-state index in [9.17, 15) is 13.0 Å². The van der Waals surface area contributed by atoms with Crippen molar-refractivity contribution >= 4 is 40.9 Å². The highest BCUT2D eigenvalue weighted by Crippen LogP contribution is 2.49. The van der Waals surface area contributed by atoms with E-state index in [1.54, 1.807) is 13.8 Å². The minimum absolute atomic E-state index is 0.0977. The molecular weight excluding hydrogens is 362 g/mol. The molecular formula is C11H15Cl2O6PS. The molecule has 0 saturated carbocycles. The van der Waals surface area contributed by atoms with Gasteiger partial charge in [0, 0.05) is 7.11 Å². The molecule has 0 aromatic heterocycles. The number of hydrogen-bond donors (Lipinski definition) is 0.